The van der Waals surface area contributed by atoms with E-state index < -0.39 is 33.9 Å². The predicted octanol–water partition coefficient (Wildman–Crippen LogP) is 5.02. The maximum absolute atomic E-state index is 13.9. The number of nitrogens with zero attached hydrogens (tertiary/aromatic N) is 1. The predicted molar refractivity (Wildman–Crippen MR) is 119 cm³/mol. The lowest BCUT2D eigenvalue weighted by molar-refractivity contribution is -0.133. The average Bonchev–Trinajstić information content (AvgIpc) is 2.79. The molecule has 32 heavy (non-hydrogen) atoms. The van der Waals surface area contributed by atoms with E-state index >= 15 is 0 Å². The van der Waals surface area contributed by atoms with Gasteiger partial charge in [-0.2, -0.15) is 4.31 Å². The fourth-order valence-corrected chi connectivity index (χ4v) is 5.84. The first-order chi connectivity index (χ1) is 15.3. The van der Waals surface area contributed by atoms with E-state index in [0.29, 0.717) is 5.56 Å². The Bertz CT molecular complexity index is 1250. The first-order valence-electron chi connectivity index (χ1n) is 10.1. The maximum Gasteiger partial charge on any atom is 0.333 e. The van der Waals surface area contributed by atoms with Crippen molar-refractivity contribution in [2.45, 2.75) is 30.3 Å². The normalized spacial score (nSPS) is 19.4. The van der Waals surface area contributed by atoms with E-state index in [4.69, 9.17) is 0 Å². The molecule has 4 rings (SSSR count). The summed E-state index contributed by atoms with van der Waals surface area (Å²) in [5.41, 5.74) is 2.11. The summed E-state index contributed by atoms with van der Waals surface area (Å²) in [5, 5.41) is 9.91. The Hall–Kier alpha value is -3.29. The molecule has 5 nitrogen and oxygen atoms in total. The van der Waals surface area contributed by atoms with Gasteiger partial charge < -0.3 is 5.11 Å². The van der Waals surface area contributed by atoms with Crippen LogP contribution >= 0.6 is 0 Å². The second-order valence-electron chi connectivity index (χ2n) is 7.73. The molecule has 0 radical (unpaired) electrons. The fourth-order valence-electron chi connectivity index (χ4n) is 4.04. The van der Waals surface area contributed by atoms with Crippen LogP contribution in [0.1, 0.15) is 35.2 Å². The first-order valence-corrected chi connectivity index (χ1v) is 11.6. The lowest BCUT2D eigenvalue weighted by Crippen LogP contribution is -2.42. The van der Waals surface area contributed by atoms with Gasteiger partial charge in [0.05, 0.1) is 22.6 Å². The van der Waals surface area contributed by atoms with Crippen LogP contribution in [0.3, 0.4) is 0 Å². The highest BCUT2D eigenvalue weighted by atomic mass is 32.2. The van der Waals surface area contributed by atoms with E-state index in [9.17, 15) is 22.7 Å². The van der Waals surface area contributed by atoms with Gasteiger partial charge in [-0.05, 0) is 48.7 Å². The number of carbonyl (C=O) groups is 1. The highest BCUT2D eigenvalue weighted by molar-refractivity contribution is 7.89. The lowest BCUT2D eigenvalue weighted by Gasteiger charge is -2.40. The van der Waals surface area contributed by atoms with Gasteiger partial charge in [-0.25, -0.2) is 17.6 Å². The van der Waals surface area contributed by atoms with Crippen LogP contribution in [0.4, 0.5) is 4.39 Å². The number of sulfonamides is 1. The third-order valence-corrected chi connectivity index (χ3v) is 7.52. The van der Waals surface area contributed by atoms with E-state index in [0.717, 1.165) is 11.1 Å². The summed E-state index contributed by atoms with van der Waals surface area (Å²) < 4.78 is 42.7. The molecule has 0 saturated carbocycles. The van der Waals surface area contributed by atoms with Gasteiger partial charge in [-0.1, -0.05) is 66.2 Å². The minimum atomic E-state index is -4.11. The molecule has 3 aromatic rings. The second-order valence-corrected chi connectivity index (χ2v) is 9.57. The topological polar surface area (TPSA) is 74.7 Å². The smallest absolute Gasteiger partial charge is 0.333 e. The summed E-state index contributed by atoms with van der Waals surface area (Å²) in [6.45, 7) is 1.94. The minimum Gasteiger partial charge on any atom is -0.478 e. The van der Waals surface area contributed by atoms with Crippen molar-refractivity contribution in [3.8, 4) is 0 Å². The first kappa shape index (κ1) is 21.9. The van der Waals surface area contributed by atoms with Crippen LogP contribution in [0, 0.1) is 12.7 Å². The molecule has 7 heteroatoms. The van der Waals surface area contributed by atoms with E-state index in [1.165, 1.54) is 40.7 Å². The average molecular weight is 452 g/mol. The van der Waals surface area contributed by atoms with Crippen molar-refractivity contribution >= 4 is 16.0 Å². The Kier molecular flexibility index (Phi) is 5.95. The Labute approximate surface area is 186 Å². The van der Waals surface area contributed by atoms with Crippen molar-refractivity contribution in [1.82, 2.24) is 4.31 Å². The highest BCUT2D eigenvalue weighted by Crippen LogP contribution is 2.45. The van der Waals surface area contributed by atoms with Crippen molar-refractivity contribution in [1.29, 1.82) is 0 Å². The molecule has 0 unspecified atom stereocenters. The molecule has 164 valence electrons. The van der Waals surface area contributed by atoms with Gasteiger partial charge in [0.25, 0.3) is 0 Å². The molecular weight excluding hydrogens is 429 g/mol. The van der Waals surface area contributed by atoms with Crippen molar-refractivity contribution in [2.24, 2.45) is 0 Å². The second kappa shape index (κ2) is 8.68. The van der Waals surface area contributed by atoms with Gasteiger partial charge >= 0.3 is 5.97 Å². The van der Waals surface area contributed by atoms with Crippen molar-refractivity contribution in [3.63, 3.8) is 0 Å². The summed E-state index contributed by atoms with van der Waals surface area (Å²) in [6, 6.07) is 19.0. The van der Waals surface area contributed by atoms with Crippen LogP contribution < -0.4 is 0 Å². The standard InChI is InChI=1S/C25H22FNO4S/c1-17-7-9-18(10-8-17)23-16-15-22(25(28)29)24(19-11-13-20(26)14-12-19)27(23)32(30,31)21-5-3-2-4-6-21/h2-15,23-24H,16H2,1H3,(H,28,29)/t23-,24-/m0/s1. The van der Waals surface area contributed by atoms with Crippen molar-refractivity contribution in [2.75, 3.05) is 0 Å². The molecule has 0 amide bonds. The van der Waals surface area contributed by atoms with Crippen LogP contribution in [0.5, 0.6) is 0 Å². The summed E-state index contributed by atoms with van der Waals surface area (Å²) in [7, 11) is -4.11. The molecule has 3 aromatic carbocycles. The van der Waals surface area contributed by atoms with Crippen molar-refractivity contribution in [3.05, 3.63) is 113 Å². The molecule has 2 atom stereocenters. The van der Waals surface area contributed by atoms with Gasteiger partial charge in [-0.15, -0.1) is 0 Å². The molecular formula is C25H22FNO4S. The fraction of sp³-hybridized carbons (Fsp3) is 0.160. The number of benzene rings is 3. The molecule has 0 aromatic heterocycles. The number of halogens is 1. The van der Waals surface area contributed by atoms with Gasteiger partial charge in [0.15, 0.2) is 0 Å². The Balaban J connectivity index is 1.96. The number of rotatable bonds is 5. The molecule has 0 fully saturated rings. The summed E-state index contributed by atoms with van der Waals surface area (Å²) in [6.07, 6.45) is 1.77. The molecule has 1 aliphatic heterocycles. The number of carboxylic acids is 1. The molecule has 0 bridgehead atoms. The zero-order valence-corrected chi connectivity index (χ0v) is 18.2. The third kappa shape index (κ3) is 4.09. The Morgan fingerprint density at radius 1 is 0.938 bits per heavy atom. The maximum atomic E-state index is 13.9. The molecule has 0 spiro atoms. The zero-order chi connectivity index (χ0) is 22.9. The SMILES string of the molecule is Cc1ccc([C@@H]2CC=C(C(=O)O)[C@H](c3ccc(F)cc3)N2S(=O)(=O)c2ccccc2)cc1. The number of carboxylic acid groups (broad SMARTS) is 1. The molecule has 0 saturated heterocycles. The molecule has 1 heterocycles. The third-order valence-electron chi connectivity index (χ3n) is 5.63. The summed E-state index contributed by atoms with van der Waals surface area (Å²) in [4.78, 5) is 12.2. The van der Waals surface area contributed by atoms with Gasteiger partial charge in [-0.3, -0.25) is 0 Å². The summed E-state index contributed by atoms with van der Waals surface area (Å²) >= 11 is 0. The number of aryl methyl sites for hydroxylation is 1. The number of hydrogen-bond acceptors (Lipinski definition) is 3. The lowest BCUT2D eigenvalue weighted by atomic mass is 9.89. The highest BCUT2D eigenvalue weighted by Gasteiger charge is 2.44. The quantitative estimate of drug-likeness (QED) is 0.591. The van der Waals surface area contributed by atoms with E-state index in [-0.39, 0.29) is 16.9 Å². The molecule has 1 aliphatic rings. The largest absolute Gasteiger partial charge is 0.478 e. The van der Waals surface area contributed by atoms with Crippen LogP contribution in [0.15, 0.2) is 95.4 Å². The van der Waals surface area contributed by atoms with Crippen LogP contribution in [0.2, 0.25) is 0 Å². The van der Waals surface area contributed by atoms with Crippen LogP contribution in [-0.4, -0.2) is 23.8 Å². The van der Waals surface area contributed by atoms with E-state index in [2.05, 4.69) is 0 Å². The Morgan fingerprint density at radius 2 is 1.53 bits per heavy atom. The van der Waals surface area contributed by atoms with Crippen LogP contribution in [0.25, 0.3) is 0 Å². The monoisotopic (exact) mass is 451 g/mol. The van der Waals surface area contributed by atoms with Gasteiger partial charge in [0, 0.05) is 0 Å². The number of aliphatic carboxylic acids is 1. The van der Waals surface area contributed by atoms with Gasteiger partial charge in [0.2, 0.25) is 10.0 Å². The van der Waals surface area contributed by atoms with Gasteiger partial charge in [0.1, 0.15) is 5.82 Å². The molecule has 0 aliphatic carbocycles. The van der Waals surface area contributed by atoms with E-state index in [1.54, 1.807) is 24.3 Å². The van der Waals surface area contributed by atoms with E-state index in [1.807, 2.05) is 31.2 Å². The number of hydrogen-bond donors (Lipinski definition) is 1. The van der Waals surface area contributed by atoms with Crippen LogP contribution in [-0.2, 0) is 14.8 Å². The van der Waals surface area contributed by atoms with Crippen molar-refractivity contribution < 1.29 is 22.7 Å². The Morgan fingerprint density at radius 3 is 2.12 bits per heavy atom. The minimum absolute atomic E-state index is 0.0560. The zero-order valence-electron chi connectivity index (χ0n) is 17.4. The molecule has 1 N–H and O–H groups in total. The summed E-state index contributed by atoms with van der Waals surface area (Å²) in [5.74, 6) is -1.70.